The molecule has 1 saturated heterocycles. The van der Waals surface area contributed by atoms with Crippen LogP contribution < -0.4 is 11.1 Å². The third kappa shape index (κ3) is 4.55. The molecule has 1 unspecified atom stereocenters. The van der Waals surface area contributed by atoms with E-state index in [4.69, 9.17) is 5.73 Å². The molecule has 2 aliphatic rings. The van der Waals surface area contributed by atoms with Crippen LogP contribution in [0.4, 0.5) is 5.13 Å². The number of amides is 2. The van der Waals surface area contributed by atoms with Gasteiger partial charge >= 0.3 is 5.97 Å². The van der Waals surface area contributed by atoms with E-state index in [-0.39, 0.29) is 16.5 Å². The number of hydrogen-bond acceptors (Lipinski definition) is 13. The number of carboxylic acids is 1. The van der Waals surface area contributed by atoms with Crippen LogP contribution in [-0.2, 0) is 21.4 Å². The normalized spacial score (nSPS) is 20.8. The number of aliphatic carboxylic acids is 1. The number of hydrogen-bond donors (Lipinski definition) is 3. The molecule has 17 heteroatoms. The van der Waals surface area contributed by atoms with E-state index < -0.39 is 35.9 Å². The number of thiazole rings is 1. The number of nitroso groups, excluding NO2 is 1. The lowest BCUT2D eigenvalue weighted by molar-refractivity contribution is -0.156. The van der Waals surface area contributed by atoms with Crippen molar-refractivity contribution in [3.05, 3.63) is 26.6 Å². The third-order valence-electron chi connectivity index (χ3n) is 4.98. The van der Waals surface area contributed by atoms with Gasteiger partial charge in [-0.25, -0.2) is 9.78 Å². The quantitative estimate of drug-likeness (QED) is 0.181. The van der Waals surface area contributed by atoms with Gasteiger partial charge in [-0.2, -0.15) is 4.80 Å². The maximum atomic E-state index is 12.8. The topological polar surface area (TPSA) is 199 Å². The second-order valence-electron chi connectivity index (χ2n) is 6.96. The summed E-state index contributed by atoms with van der Waals surface area (Å²) < 4.78 is 0. The molecule has 2 aromatic heterocycles. The van der Waals surface area contributed by atoms with E-state index >= 15 is 0 Å². The van der Waals surface area contributed by atoms with Crippen molar-refractivity contribution >= 4 is 57.8 Å². The molecule has 1 fully saturated rings. The zero-order valence-electron chi connectivity index (χ0n) is 16.9. The zero-order chi connectivity index (χ0) is 23.7. The van der Waals surface area contributed by atoms with Gasteiger partial charge in [-0.1, -0.05) is 11.8 Å². The molecule has 4 rings (SSSR count). The Morgan fingerprint density at radius 2 is 2.24 bits per heavy atom. The Morgan fingerprint density at radius 1 is 1.45 bits per heavy atom. The number of rotatable bonds is 9. The van der Waals surface area contributed by atoms with Crippen LogP contribution in [0, 0.1) is 4.91 Å². The van der Waals surface area contributed by atoms with Gasteiger partial charge in [0.15, 0.2) is 5.13 Å². The largest absolute Gasteiger partial charge is 0.477 e. The van der Waals surface area contributed by atoms with Crippen molar-refractivity contribution in [3.8, 4) is 0 Å². The van der Waals surface area contributed by atoms with Crippen LogP contribution >= 0.6 is 34.9 Å². The molecule has 2 amide bonds. The average molecular weight is 512 g/mol. The molecular formula is C16H17N9O5S3. The summed E-state index contributed by atoms with van der Waals surface area (Å²) in [7, 11) is 1.64. The average Bonchev–Trinajstić information content (AvgIpc) is 3.39. The number of nitrogens with one attached hydrogen (secondary N) is 1. The first-order chi connectivity index (χ1) is 15.8. The smallest absolute Gasteiger partial charge is 0.353 e. The van der Waals surface area contributed by atoms with Gasteiger partial charge in [0, 0.05) is 10.3 Å². The predicted molar refractivity (Wildman–Crippen MR) is 119 cm³/mol. The molecule has 0 bridgehead atoms. The number of carboxylic acid groups (broad SMARTS) is 1. The van der Waals surface area contributed by atoms with Crippen LogP contribution in [0.3, 0.4) is 0 Å². The van der Waals surface area contributed by atoms with Gasteiger partial charge in [-0.05, 0) is 23.2 Å². The highest BCUT2D eigenvalue weighted by Gasteiger charge is 2.54. The van der Waals surface area contributed by atoms with Gasteiger partial charge < -0.3 is 16.2 Å². The van der Waals surface area contributed by atoms with E-state index in [0.29, 0.717) is 28.0 Å². The summed E-state index contributed by atoms with van der Waals surface area (Å²) in [5.41, 5.74) is 5.54. The van der Waals surface area contributed by atoms with Gasteiger partial charge in [-0.3, -0.25) is 14.5 Å². The molecule has 174 valence electrons. The lowest BCUT2D eigenvalue weighted by Crippen LogP contribution is -2.71. The Kier molecular flexibility index (Phi) is 6.61. The number of aromatic nitrogens is 5. The van der Waals surface area contributed by atoms with Crippen molar-refractivity contribution < 1.29 is 19.5 Å². The fourth-order valence-electron chi connectivity index (χ4n) is 3.54. The number of carbonyl (C=O) groups excluding carboxylic acids is 2. The summed E-state index contributed by atoms with van der Waals surface area (Å²) in [6.45, 7) is 0. The molecule has 2 aromatic rings. The highest BCUT2D eigenvalue weighted by Crippen LogP contribution is 2.42. The molecule has 4 N–H and O–H groups in total. The number of anilines is 1. The maximum Gasteiger partial charge on any atom is 0.353 e. The summed E-state index contributed by atoms with van der Waals surface area (Å²) in [4.78, 5) is 55.4. The molecule has 0 radical (unpaired) electrons. The second kappa shape index (κ2) is 9.44. The Labute approximate surface area is 198 Å². The van der Waals surface area contributed by atoms with Crippen molar-refractivity contribution in [1.29, 1.82) is 0 Å². The molecule has 33 heavy (non-hydrogen) atoms. The van der Waals surface area contributed by atoms with E-state index in [1.807, 2.05) is 0 Å². The number of nitrogens with zero attached hydrogens (tertiary/aromatic N) is 7. The van der Waals surface area contributed by atoms with Crippen molar-refractivity contribution in [3.63, 3.8) is 0 Å². The van der Waals surface area contributed by atoms with E-state index in [2.05, 4.69) is 30.9 Å². The van der Waals surface area contributed by atoms with Gasteiger partial charge in [0.05, 0.1) is 23.9 Å². The number of tetrazole rings is 1. The molecular weight excluding hydrogens is 494 g/mol. The van der Waals surface area contributed by atoms with Crippen LogP contribution in [0.2, 0.25) is 0 Å². The van der Waals surface area contributed by atoms with E-state index in [9.17, 15) is 24.4 Å². The van der Waals surface area contributed by atoms with Gasteiger partial charge in [0.1, 0.15) is 11.7 Å². The molecule has 0 aromatic carbocycles. The fourth-order valence-corrected chi connectivity index (χ4v) is 6.20. The maximum absolute atomic E-state index is 12.8. The molecule has 4 heterocycles. The lowest BCUT2D eigenvalue weighted by Gasteiger charge is -2.50. The number of thioether (sulfide) groups is 2. The molecule has 2 aliphatic heterocycles. The van der Waals surface area contributed by atoms with Crippen LogP contribution in [0.15, 0.2) is 26.3 Å². The number of allylic oxidation sites excluding steroid dienone is 1. The minimum Gasteiger partial charge on any atom is -0.477 e. The Balaban J connectivity index is 1.43. The van der Waals surface area contributed by atoms with Crippen molar-refractivity contribution in [2.75, 3.05) is 10.8 Å². The SMILES string of the molecule is Cn1nnc(SCSC2=C(C(=O)O)N3C(=O)[C@@H](NC(=O)C(N=O)c4csc(N)n4)[C@@H]3CC2)n1. The molecule has 14 nitrogen and oxygen atoms in total. The van der Waals surface area contributed by atoms with E-state index in [1.54, 1.807) is 7.05 Å². The monoisotopic (exact) mass is 511 g/mol. The van der Waals surface area contributed by atoms with Crippen LogP contribution in [0.1, 0.15) is 24.6 Å². The van der Waals surface area contributed by atoms with Gasteiger partial charge in [-0.15, -0.1) is 38.2 Å². The van der Waals surface area contributed by atoms with E-state index in [0.717, 1.165) is 11.3 Å². The number of fused-ring (bicyclic) bond motifs is 1. The number of β-lactam (4-membered cyclic amide) rings is 1. The zero-order valence-corrected chi connectivity index (χ0v) is 19.4. The first-order valence-corrected chi connectivity index (χ1v) is 12.3. The molecule has 3 atom stereocenters. The first kappa shape index (κ1) is 23.1. The minimum absolute atomic E-state index is 0.0946. The first-order valence-electron chi connectivity index (χ1n) is 9.43. The number of nitrogens with two attached hydrogens (primary N) is 1. The number of aryl methyl sites for hydroxylation is 1. The van der Waals surface area contributed by atoms with E-state index in [1.165, 1.54) is 38.6 Å². The Hall–Kier alpha value is -3.05. The van der Waals surface area contributed by atoms with Crippen molar-refractivity contribution in [2.45, 2.75) is 36.1 Å². The van der Waals surface area contributed by atoms with Gasteiger partial charge in [0.2, 0.25) is 11.2 Å². The van der Waals surface area contributed by atoms with Crippen LogP contribution in [-0.4, -0.2) is 70.1 Å². The van der Waals surface area contributed by atoms with Crippen LogP contribution in [0.5, 0.6) is 0 Å². The molecule has 0 saturated carbocycles. The van der Waals surface area contributed by atoms with Crippen molar-refractivity contribution in [2.24, 2.45) is 12.2 Å². The van der Waals surface area contributed by atoms with Crippen molar-refractivity contribution in [1.82, 2.24) is 35.4 Å². The lowest BCUT2D eigenvalue weighted by atomic mass is 9.86. The summed E-state index contributed by atoms with van der Waals surface area (Å²) in [6, 6.07) is -2.92. The highest BCUT2D eigenvalue weighted by molar-refractivity contribution is 8.17. The standard InChI is InChI=1S/C16H17N9O5S3/c1-24-21-16(20-23-24)33-5-32-8-3-2-7-10(13(27)25(7)11(8)14(28)29)19-12(26)9(22-30)6-4-31-15(17)18-6/h4,7,9-10H,2-3,5H2,1H3,(H2,17,18)(H,19,26)(H,28,29)/t7-,9?,10-/m0/s1. The molecule has 0 aliphatic carbocycles. The minimum atomic E-state index is -1.45. The molecule has 0 spiro atoms. The van der Waals surface area contributed by atoms with Gasteiger partial charge in [0.25, 0.3) is 11.8 Å². The summed E-state index contributed by atoms with van der Waals surface area (Å²) in [6.07, 6.45) is 0.867. The summed E-state index contributed by atoms with van der Waals surface area (Å²) in [5.74, 6) is -2.58. The number of nitrogen functional groups attached to an aromatic ring is 1. The Morgan fingerprint density at radius 3 is 2.85 bits per heavy atom. The predicted octanol–water partition coefficient (Wildman–Crippen LogP) is 0.325. The highest BCUT2D eigenvalue weighted by atomic mass is 32.2. The number of carbonyl (C=O) groups is 3. The Bertz CT molecular complexity index is 1150. The fraction of sp³-hybridized carbons (Fsp3) is 0.438. The third-order valence-corrected chi connectivity index (χ3v) is 7.78. The summed E-state index contributed by atoms with van der Waals surface area (Å²) >= 11 is 3.65. The second-order valence-corrected chi connectivity index (χ2v) is 10.2. The van der Waals surface area contributed by atoms with Crippen LogP contribution in [0.25, 0.3) is 0 Å². The summed E-state index contributed by atoms with van der Waals surface area (Å²) in [5, 5.41) is 29.2.